The molecule has 6 nitrogen and oxygen atoms in total. The third-order valence-electron chi connectivity index (χ3n) is 6.32. The Labute approximate surface area is 192 Å². The second-order valence-electron chi connectivity index (χ2n) is 8.43. The molecule has 1 aromatic carbocycles. The van der Waals surface area contributed by atoms with E-state index in [4.69, 9.17) is 0 Å². The van der Waals surface area contributed by atoms with E-state index in [0.717, 1.165) is 0 Å². The second-order valence-corrected chi connectivity index (χ2v) is 8.43. The molecule has 6 heteroatoms. The molecule has 168 valence electrons. The molecule has 3 aromatic heterocycles. The van der Waals surface area contributed by atoms with E-state index in [1.807, 2.05) is 50.9 Å². The maximum Gasteiger partial charge on any atom is 0.181 e. The van der Waals surface area contributed by atoms with Gasteiger partial charge in [-0.1, -0.05) is 0 Å². The second kappa shape index (κ2) is 9.28. The highest BCUT2D eigenvalue weighted by Gasteiger charge is 2.18. The van der Waals surface area contributed by atoms with Crippen LogP contribution in [0, 0.1) is 20.8 Å². The SMILES string of the molecule is Cc1c(Cn2ccc(=O)cc2)c(C)c(Cn2ccc(=O)cc2)c(C)c1Cn1ccc(=O)cc1. The van der Waals surface area contributed by atoms with Gasteiger partial charge in [0, 0.05) is 93.2 Å². The van der Waals surface area contributed by atoms with E-state index in [1.54, 1.807) is 36.4 Å². The average molecular weight is 442 g/mol. The van der Waals surface area contributed by atoms with Gasteiger partial charge in [0.25, 0.3) is 0 Å². The Morgan fingerprint density at radius 2 is 0.667 bits per heavy atom. The van der Waals surface area contributed by atoms with Crippen LogP contribution < -0.4 is 16.3 Å². The molecule has 0 aliphatic rings. The number of rotatable bonds is 6. The van der Waals surface area contributed by atoms with Crippen LogP contribution in [0.2, 0.25) is 0 Å². The van der Waals surface area contributed by atoms with Crippen molar-refractivity contribution in [3.63, 3.8) is 0 Å². The van der Waals surface area contributed by atoms with E-state index in [1.165, 1.54) is 33.4 Å². The summed E-state index contributed by atoms with van der Waals surface area (Å²) in [6.45, 7) is 8.35. The molecule has 0 radical (unpaired) electrons. The van der Waals surface area contributed by atoms with Crippen molar-refractivity contribution in [2.24, 2.45) is 0 Å². The van der Waals surface area contributed by atoms with Crippen LogP contribution in [0.25, 0.3) is 0 Å². The third kappa shape index (κ3) is 4.95. The number of pyridine rings is 3. The predicted molar refractivity (Wildman–Crippen MR) is 130 cm³/mol. The predicted octanol–water partition coefficient (Wildman–Crippen LogP) is 3.24. The molecule has 4 aromatic rings. The third-order valence-corrected chi connectivity index (χ3v) is 6.32. The van der Waals surface area contributed by atoms with Crippen molar-refractivity contribution in [3.8, 4) is 0 Å². The van der Waals surface area contributed by atoms with Crippen LogP contribution in [-0.4, -0.2) is 13.7 Å². The molecule has 3 heterocycles. The topological polar surface area (TPSA) is 66.0 Å². The summed E-state index contributed by atoms with van der Waals surface area (Å²) in [7, 11) is 0. The Morgan fingerprint density at radius 1 is 0.455 bits per heavy atom. The van der Waals surface area contributed by atoms with Gasteiger partial charge in [0.05, 0.1) is 0 Å². The van der Waals surface area contributed by atoms with E-state index >= 15 is 0 Å². The van der Waals surface area contributed by atoms with Crippen LogP contribution in [0.15, 0.2) is 88.0 Å². The van der Waals surface area contributed by atoms with Crippen molar-refractivity contribution < 1.29 is 0 Å². The highest BCUT2D eigenvalue weighted by Crippen LogP contribution is 2.29. The normalized spacial score (nSPS) is 11.0. The Kier molecular flexibility index (Phi) is 6.27. The minimum Gasteiger partial charge on any atom is -0.350 e. The minimum absolute atomic E-state index is 0.0126. The van der Waals surface area contributed by atoms with Gasteiger partial charge in [0.2, 0.25) is 0 Å². The summed E-state index contributed by atoms with van der Waals surface area (Å²) in [5, 5.41) is 0. The van der Waals surface area contributed by atoms with Gasteiger partial charge in [-0.25, -0.2) is 0 Å². The number of nitrogens with zero attached hydrogens (tertiary/aromatic N) is 3. The van der Waals surface area contributed by atoms with Gasteiger partial charge < -0.3 is 13.7 Å². The monoisotopic (exact) mass is 441 g/mol. The van der Waals surface area contributed by atoms with Crippen LogP contribution in [0.3, 0.4) is 0 Å². The fraction of sp³-hybridized carbons (Fsp3) is 0.222. The Hall–Kier alpha value is -3.93. The molecule has 0 atom stereocenters. The molecule has 0 amide bonds. The molecule has 0 spiro atoms. The Balaban J connectivity index is 1.84. The van der Waals surface area contributed by atoms with Gasteiger partial charge in [-0.15, -0.1) is 0 Å². The highest BCUT2D eigenvalue weighted by atomic mass is 16.1. The van der Waals surface area contributed by atoms with Crippen LogP contribution in [0.5, 0.6) is 0 Å². The maximum absolute atomic E-state index is 11.6. The van der Waals surface area contributed by atoms with Crippen LogP contribution >= 0.6 is 0 Å². The van der Waals surface area contributed by atoms with Gasteiger partial charge in [-0.3, -0.25) is 14.4 Å². The van der Waals surface area contributed by atoms with E-state index < -0.39 is 0 Å². The molecule has 0 saturated carbocycles. The quantitative estimate of drug-likeness (QED) is 0.461. The lowest BCUT2D eigenvalue weighted by atomic mass is 9.87. The molecule has 0 aliphatic carbocycles. The van der Waals surface area contributed by atoms with Gasteiger partial charge in [0.1, 0.15) is 0 Å². The minimum atomic E-state index is -0.0126. The molecule has 33 heavy (non-hydrogen) atoms. The van der Waals surface area contributed by atoms with Crippen LogP contribution in [0.1, 0.15) is 33.4 Å². The van der Waals surface area contributed by atoms with E-state index in [9.17, 15) is 14.4 Å². The largest absolute Gasteiger partial charge is 0.350 e. The summed E-state index contributed by atoms with van der Waals surface area (Å²) in [6.07, 6.45) is 10.9. The van der Waals surface area contributed by atoms with Crippen molar-refractivity contribution in [1.82, 2.24) is 13.7 Å². The summed E-state index contributed by atoms with van der Waals surface area (Å²) in [5.41, 5.74) is 7.18. The van der Waals surface area contributed by atoms with Gasteiger partial charge in [-0.2, -0.15) is 0 Å². The fourth-order valence-electron chi connectivity index (χ4n) is 4.30. The molecule has 0 unspecified atom stereocenters. The summed E-state index contributed by atoms with van der Waals surface area (Å²) >= 11 is 0. The van der Waals surface area contributed by atoms with E-state index in [0.29, 0.717) is 19.6 Å². The Bertz CT molecular complexity index is 1230. The summed E-state index contributed by atoms with van der Waals surface area (Å²) in [6, 6.07) is 9.42. The van der Waals surface area contributed by atoms with Crippen molar-refractivity contribution in [2.75, 3.05) is 0 Å². The lowest BCUT2D eigenvalue weighted by Gasteiger charge is -2.24. The van der Waals surface area contributed by atoms with Crippen molar-refractivity contribution in [2.45, 2.75) is 40.4 Å². The van der Waals surface area contributed by atoms with E-state index in [2.05, 4.69) is 20.8 Å². The average Bonchev–Trinajstić information content (AvgIpc) is 2.81. The lowest BCUT2D eigenvalue weighted by Crippen LogP contribution is -2.16. The molecule has 0 N–H and O–H groups in total. The van der Waals surface area contributed by atoms with Crippen molar-refractivity contribution >= 4 is 0 Å². The number of hydrogen-bond donors (Lipinski definition) is 0. The lowest BCUT2D eigenvalue weighted by molar-refractivity contribution is 0.730. The molecule has 0 bridgehead atoms. The first-order valence-electron chi connectivity index (χ1n) is 10.9. The van der Waals surface area contributed by atoms with Crippen molar-refractivity contribution in [1.29, 1.82) is 0 Å². The molecule has 4 rings (SSSR count). The van der Waals surface area contributed by atoms with Crippen LogP contribution in [0.4, 0.5) is 0 Å². The standard InChI is InChI=1S/C27H27N3O3/c1-19-25(16-28-10-4-22(31)5-11-28)20(2)27(18-30-14-8-24(33)9-15-30)21(3)26(19)17-29-12-6-23(32)7-13-29/h4-15H,16-18H2,1-3H3. The molecule has 0 aliphatic heterocycles. The first kappa shape index (κ1) is 22.3. The number of aromatic nitrogens is 3. The molecular formula is C27H27N3O3. The number of benzene rings is 1. The zero-order valence-electron chi connectivity index (χ0n) is 19.1. The van der Waals surface area contributed by atoms with Crippen molar-refractivity contribution in [3.05, 3.63) is 138 Å². The smallest absolute Gasteiger partial charge is 0.181 e. The van der Waals surface area contributed by atoms with Gasteiger partial charge in [0.15, 0.2) is 16.3 Å². The van der Waals surface area contributed by atoms with E-state index in [-0.39, 0.29) is 16.3 Å². The zero-order chi connectivity index (χ0) is 23.5. The first-order valence-corrected chi connectivity index (χ1v) is 10.9. The Morgan fingerprint density at radius 3 is 0.879 bits per heavy atom. The molecular weight excluding hydrogens is 414 g/mol. The first-order chi connectivity index (χ1) is 15.8. The number of hydrogen-bond acceptors (Lipinski definition) is 3. The summed E-state index contributed by atoms with van der Waals surface area (Å²) < 4.78 is 6.04. The van der Waals surface area contributed by atoms with Gasteiger partial charge >= 0.3 is 0 Å². The van der Waals surface area contributed by atoms with Gasteiger partial charge in [-0.05, 0) is 54.2 Å². The summed E-state index contributed by atoms with van der Waals surface area (Å²) in [5.74, 6) is 0. The highest BCUT2D eigenvalue weighted by molar-refractivity contribution is 5.51. The molecule has 0 saturated heterocycles. The fourth-order valence-corrected chi connectivity index (χ4v) is 4.30. The maximum atomic E-state index is 11.6. The summed E-state index contributed by atoms with van der Waals surface area (Å²) in [4.78, 5) is 34.7. The molecule has 0 fully saturated rings. The zero-order valence-corrected chi connectivity index (χ0v) is 19.1. The van der Waals surface area contributed by atoms with Crippen LogP contribution in [-0.2, 0) is 19.6 Å².